The zero-order valence-corrected chi connectivity index (χ0v) is 9.11. The summed E-state index contributed by atoms with van der Waals surface area (Å²) < 4.78 is 1.67. The maximum Gasteiger partial charge on any atom is 0.244 e. The van der Waals surface area contributed by atoms with Gasteiger partial charge in [0.05, 0.1) is 6.20 Å². The maximum absolute atomic E-state index is 11.6. The van der Waals surface area contributed by atoms with E-state index in [9.17, 15) is 4.79 Å². The van der Waals surface area contributed by atoms with Crippen molar-refractivity contribution in [1.29, 1.82) is 0 Å². The van der Waals surface area contributed by atoms with Gasteiger partial charge in [0.25, 0.3) is 0 Å². The molecular weight excluding hydrogens is 178 g/mol. The van der Waals surface area contributed by atoms with E-state index in [1.165, 1.54) is 0 Å². The molecule has 0 aliphatic carbocycles. The van der Waals surface area contributed by atoms with E-state index >= 15 is 0 Å². The standard InChI is InChI=1S/C10H17N3O/c1-7(2)12-10(14)9(4)13-6-8(3)5-11-13/h5-7,9H,1-4H3,(H,12,14). The van der Waals surface area contributed by atoms with Crippen molar-refractivity contribution in [1.82, 2.24) is 15.1 Å². The van der Waals surface area contributed by atoms with Gasteiger partial charge in [0, 0.05) is 12.2 Å². The van der Waals surface area contributed by atoms with Gasteiger partial charge in [0.1, 0.15) is 6.04 Å². The zero-order chi connectivity index (χ0) is 10.7. The summed E-state index contributed by atoms with van der Waals surface area (Å²) in [7, 11) is 0. The molecule has 4 nitrogen and oxygen atoms in total. The third-order valence-electron chi connectivity index (χ3n) is 1.94. The predicted molar refractivity (Wildman–Crippen MR) is 55.0 cm³/mol. The molecule has 1 amide bonds. The number of rotatable bonds is 3. The van der Waals surface area contributed by atoms with Crippen LogP contribution in [0.25, 0.3) is 0 Å². The Labute approximate surface area is 84.3 Å². The van der Waals surface area contributed by atoms with Crippen LogP contribution in [-0.4, -0.2) is 21.7 Å². The van der Waals surface area contributed by atoms with Gasteiger partial charge in [-0.1, -0.05) is 0 Å². The Morgan fingerprint density at radius 2 is 2.14 bits per heavy atom. The molecule has 78 valence electrons. The van der Waals surface area contributed by atoms with Crippen LogP contribution in [-0.2, 0) is 4.79 Å². The number of aryl methyl sites for hydroxylation is 1. The fourth-order valence-electron chi connectivity index (χ4n) is 1.17. The van der Waals surface area contributed by atoms with Crippen LogP contribution < -0.4 is 5.32 Å². The fourth-order valence-corrected chi connectivity index (χ4v) is 1.17. The Morgan fingerprint density at radius 1 is 1.50 bits per heavy atom. The summed E-state index contributed by atoms with van der Waals surface area (Å²) in [5.41, 5.74) is 1.06. The summed E-state index contributed by atoms with van der Waals surface area (Å²) >= 11 is 0. The van der Waals surface area contributed by atoms with Gasteiger partial charge in [-0.15, -0.1) is 0 Å². The molecule has 1 aromatic rings. The Kier molecular flexibility index (Phi) is 3.28. The lowest BCUT2D eigenvalue weighted by Crippen LogP contribution is -2.35. The van der Waals surface area contributed by atoms with Crippen molar-refractivity contribution in [2.75, 3.05) is 0 Å². The summed E-state index contributed by atoms with van der Waals surface area (Å²) in [6.07, 6.45) is 3.61. The summed E-state index contributed by atoms with van der Waals surface area (Å²) in [6.45, 7) is 7.68. The van der Waals surface area contributed by atoms with Crippen LogP contribution in [0.1, 0.15) is 32.4 Å². The SMILES string of the molecule is Cc1cnn(C(C)C(=O)NC(C)C)c1. The molecule has 0 aliphatic rings. The third kappa shape index (κ3) is 2.58. The molecule has 0 bridgehead atoms. The number of nitrogens with zero attached hydrogens (tertiary/aromatic N) is 2. The highest BCUT2D eigenvalue weighted by Crippen LogP contribution is 2.05. The van der Waals surface area contributed by atoms with Crippen molar-refractivity contribution in [2.24, 2.45) is 0 Å². The van der Waals surface area contributed by atoms with E-state index in [0.29, 0.717) is 0 Å². The summed E-state index contributed by atoms with van der Waals surface area (Å²) in [6, 6.07) is -0.0762. The smallest absolute Gasteiger partial charge is 0.244 e. The Hall–Kier alpha value is -1.32. The molecule has 1 N–H and O–H groups in total. The van der Waals surface area contributed by atoms with Crippen LogP contribution in [0.5, 0.6) is 0 Å². The van der Waals surface area contributed by atoms with Crippen LogP contribution in [0.3, 0.4) is 0 Å². The second-order valence-corrected chi connectivity index (χ2v) is 3.84. The highest BCUT2D eigenvalue weighted by Gasteiger charge is 2.15. The van der Waals surface area contributed by atoms with Gasteiger partial charge in [-0.25, -0.2) is 0 Å². The largest absolute Gasteiger partial charge is 0.352 e. The summed E-state index contributed by atoms with van der Waals surface area (Å²) in [5.74, 6) is 0.00287. The molecule has 4 heteroatoms. The molecule has 0 saturated heterocycles. The van der Waals surface area contributed by atoms with Gasteiger partial charge >= 0.3 is 0 Å². The van der Waals surface area contributed by atoms with Crippen LogP contribution in [0.2, 0.25) is 0 Å². The van der Waals surface area contributed by atoms with E-state index in [-0.39, 0.29) is 18.0 Å². The first kappa shape index (κ1) is 10.8. The Balaban J connectivity index is 2.65. The molecule has 1 heterocycles. The second-order valence-electron chi connectivity index (χ2n) is 3.84. The maximum atomic E-state index is 11.6. The van der Waals surface area contributed by atoms with E-state index in [1.54, 1.807) is 10.9 Å². The number of hydrogen-bond donors (Lipinski definition) is 1. The molecule has 1 aromatic heterocycles. The topological polar surface area (TPSA) is 46.9 Å². The highest BCUT2D eigenvalue weighted by atomic mass is 16.2. The number of aromatic nitrogens is 2. The molecular formula is C10H17N3O. The van der Waals surface area contributed by atoms with Gasteiger partial charge in [-0.3, -0.25) is 9.48 Å². The van der Waals surface area contributed by atoms with Crippen molar-refractivity contribution >= 4 is 5.91 Å². The predicted octanol–water partition coefficient (Wildman–Crippen LogP) is 1.28. The zero-order valence-electron chi connectivity index (χ0n) is 9.11. The quantitative estimate of drug-likeness (QED) is 0.789. The molecule has 1 rings (SSSR count). The van der Waals surface area contributed by atoms with Crippen molar-refractivity contribution in [3.8, 4) is 0 Å². The number of carbonyl (C=O) groups excluding carboxylic acids is 1. The number of nitrogens with one attached hydrogen (secondary N) is 1. The molecule has 0 aliphatic heterocycles. The van der Waals surface area contributed by atoms with Crippen LogP contribution >= 0.6 is 0 Å². The van der Waals surface area contributed by atoms with Crippen molar-refractivity contribution in [3.05, 3.63) is 18.0 Å². The molecule has 0 saturated carbocycles. The lowest BCUT2D eigenvalue weighted by Gasteiger charge is -2.14. The van der Waals surface area contributed by atoms with Gasteiger partial charge in [0.2, 0.25) is 5.91 Å². The molecule has 14 heavy (non-hydrogen) atoms. The van der Waals surface area contributed by atoms with E-state index in [1.807, 2.05) is 33.9 Å². The Bertz CT molecular complexity index is 317. The average Bonchev–Trinajstić information content (AvgIpc) is 2.49. The average molecular weight is 195 g/mol. The molecule has 1 unspecified atom stereocenters. The lowest BCUT2D eigenvalue weighted by atomic mass is 10.3. The first-order chi connectivity index (χ1) is 6.50. The first-order valence-electron chi connectivity index (χ1n) is 4.82. The molecule has 0 aromatic carbocycles. The van der Waals surface area contributed by atoms with Crippen molar-refractivity contribution in [3.63, 3.8) is 0 Å². The number of amides is 1. The van der Waals surface area contributed by atoms with Gasteiger partial charge in [-0.05, 0) is 33.3 Å². The number of hydrogen-bond acceptors (Lipinski definition) is 2. The van der Waals surface area contributed by atoms with Crippen molar-refractivity contribution in [2.45, 2.75) is 39.8 Å². The monoisotopic (exact) mass is 195 g/mol. The lowest BCUT2D eigenvalue weighted by molar-refractivity contribution is -0.124. The minimum absolute atomic E-state index is 0.00287. The van der Waals surface area contributed by atoms with Crippen molar-refractivity contribution < 1.29 is 4.79 Å². The highest BCUT2D eigenvalue weighted by molar-refractivity contribution is 5.79. The van der Waals surface area contributed by atoms with Gasteiger partial charge in [-0.2, -0.15) is 5.10 Å². The van der Waals surface area contributed by atoms with E-state index in [0.717, 1.165) is 5.56 Å². The summed E-state index contributed by atoms with van der Waals surface area (Å²) in [5, 5.41) is 6.95. The first-order valence-corrected chi connectivity index (χ1v) is 4.82. The summed E-state index contributed by atoms with van der Waals surface area (Å²) in [4.78, 5) is 11.6. The number of carbonyl (C=O) groups is 1. The van der Waals surface area contributed by atoms with Crippen LogP contribution in [0.4, 0.5) is 0 Å². The Morgan fingerprint density at radius 3 is 2.57 bits per heavy atom. The minimum Gasteiger partial charge on any atom is -0.352 e. The van der Waals surface area contributed by atoms with Gasteiger partial charge < -0.3 is 5.32 Å². The van der Waals surface area contributed by atoms with Crippen LogP contribution in [0, 0.1) is 6.92 Å². The molecule has 0 fully saturated rings. The van der Waals surface area contributed by atoms with E-state index in [2.05, 4.69) is 10.4 Å². The molecule has 0 spiro atoms. The normalized spacial score (nSPS) is 12.9. The molecule has 1 atom stereocenters. The second kappa shape index (κ2) is 4.26. The third-order valence-corrected chi connectivity index (χ3v) is 1.94. The molecule has 0 radical (unpaired) electrons. The van der Waals surface area contributed by atoms with Gasteiger partial charge in [0.15, 0.2) is 0 Å². The van der Waals surface area contributed by atoms with E-state index < -0.39 is 0 Å². The van der Waals surface area contributed by atoms with Crippen LogP contribution in [0.15, 0.2) is 12.4 Å². The fraction of sp³-hybridized carbons (Fsp3) is 0.600. The minimum atomic E-state index is -0.244. The van der Waals surface area contributed by atoms with E-state index in [4.69, 9.17) is 0 Å².